The summed E-state index contributed by atoms with van der Waals surface area (Å²) >= 11 is 6.06. The second kappa shape index (κ2) is 7.05. The fourth-order valence-corrected chi connectivity index (χ4v) is 3.37. The summed E-state index contributed by atoms with van der Waals surface area (Å²) in [6.07, 6.45) is 0. The van der Waals surface area contributed by atoms with Gasteiger partial charge < -0.3 is 10.2 Å². The Morgan fingerprint density at radius 1 is 1.15 bits per heavy atom. The average molecular weight is 377 g/mol. The maximum atomic E-state index is 14.0. The number of imide groups is 1. The van der Waals surface area contributed by atoms with Crippen molar-refractivity contribution in [3.63, 3.8) is 0 Å². The van der Waals surface area contributed by atoms with E-state index in [1.807, 2.05) is 18.2 Å². The average Bonchev–Trinajstić information content (AvgIpc) is 2.83. The van der Waals surface area contributed by atoms with Crippen molar-refractivity contribution in [1.82, 2.24) is 10.2 Å². The van der Waals surface area contributed by atoms with Gasteiger partial charge in [-0.15, -0.1) is 0 Å². The smallest absolute Gasteiger partial charge is 0.319 e. The van der Waals surface area contributed by atoms with Crippen molar-refractivity contribution in [2.24, 2.45) is 0 Å². The first-order chi connectivity index (χ1) is 12.3. The van der Waals surface area contributed by atoms with Gasteiger partial charge in [0.05, 0.1) is 17.6 Å². The molecule has 3 amide bonds. The lowest BCUT2D eigenvalue weighted by atomic mass is 9.92. The van der Waals surface area contributed by atoms with E-state index in [1.54, 1.807) is 38.2 Å². The number of nitrogens with zero attached hydrogens (tertiary/aromatic N) is 1. The number of quaternary nitrogens is 1. The van der Waals surface area contributed by atoms with Crippen molar-refractivity contribution in [2.75, 3.05) is 13.7 Å². The molecule has 2 atom stereocenters. The molecule has 7 heteroatoms. The van der Waals surface area contributed by atoms with E-state index < -0.39 is 17.4 Å². The highest BCUT2D eigenvalue weighted by atomic mass is 35.5. The minimum Gasteiger partial charge on any atom is -0.319 e. The third-order valence-electron chi connectivity index (χ3n) is 4.59. The molecule has 2 aromatic rings. The summed E-state index contributed by atoms with van der Waals surface area (Å²) in [6, 6.07) is 13.1. The summed E-state index contributed by atoms with van der Waals surface area (Å²) in [5.41, 5.74) is -0.0194. The summed E-state index contributed by atoms with van der Waals surface area (Å²) in [5.74, 6) is -0.726. The molecule has 0 spiro atoms. The van der Waals surface area contributed by atoms with Gasteiger partial charge in [0.25, 0.3) is 5.91 Å². The van der Waals surface area contributed by atoms with Crippen LogP contribution in [-0.4, -0.2) is 30.6 Å². The maximum Gasteiger partial charge on any atom is 0.329 e. The van der Waals surface area contributed by atoms with Crippen molar-refractivity contribution in [3.05, 3.63) is 70.5 Å². The summed E-state index contributed by atoms with van der Waals surface area (Å²) < 4.78 is 14.0. The fourth-order valence-electron chi connectivity index (χ4n) is 3.14. The summed E-state index contributed by atoms with van der Waals surface area (Å²) in [5, 5.41) is 3.09. The number of amides is 3. The Labute approximate surface area is 156 Å². The molecule has 136 valence electrons. The summed E-state index contributed by atoms with van der Waals surface area (Å²) in [7, 11) is 1.78. The molecule has 2 N–H and O–H groups in total. The van der Waals surface area contributed by atoms with Gasteiger partial charge in [0, 0.05) is 0 Å². The lowest BCUT2D eigenvalue weighted by Gasteiger charge is -2.23. The highest BCUT2D eigenvalue weighted by Crippen LogP contribution is 2.28. The number of nitrogens with one attached hydrogen (secondary N) is 2. The van der Waals surface area contributed by atoms with E-state index in [4.69, 9.17) is 11.6 Å². The molecule has 1 aliphatic rings. The predicted octanol–water partition coefficient (Wildman–Crippen LogP) is 1.92. The van der Waals surface area contributed by atoms with Crippen LogP contribution in [0.5, 0.6) is 0 Å². The fraction of sp³-hybridized carbons (Fsp3) is 0.263. The van der Waals surface area contributed by atoms with E-state index >= 15 is 0 Å². The van der Waals surface area contributed by atoms with Gasteiger partial charge in [0.2, 0.25) is 0 Å². The Morgan fingerprint density at radius 3 is 2.50 bits per heavy atom. The number of hydrogen-bond acceptors (Lipinski definition) is 2. The van der Waals surface area contributed by atoms with Crippen molar-refractivity contribution < 1.29 is 18.9 Å². The van der Waals surface area contributed by atoms with E-state index in [-0.39, 0.29) is 19.1 Å². The zero-order valence-electron chi connectivity index (χ0n) is 14.6. The second-order valence-corrected chi connectivity index (χ2v) is 7.05. The highest BCUT2D eigenvalue weighted by Gasteiger charge is 2.49. The Kier molecular flexibility index (Phi) is 4.98. The SMILES string of the molecule is C[NH+](Cc1c(F)cccc1Cl)CN1C(=O)N[C@](C)(c2ccccc2)C1=O. The maximum absolute atomic E-state index is 14.0. The number of hydrogen-bond donors (Lipinski definition) is 2. The van der Waals surface area contributed by atoms with Crippen LogP contribution in [0.3, 0.4) is 0 Å². The zero-order valence-corrected chi connectivity index (χ0v) is 15.3. The van der Waals surface area contributed by atoms with Gasteiger partial charge in [-0.2, -0.15) is 0 Å². The topological polar surface area (TPSA) is 53.9 Å². The van der Waals surface area contributed by atoms with Crippen LogP contribution in [0.25, 0.3) is 0 Å². The number of carbonyl (C=O) groups is 2. The molecule has 0 bridgehead atoms. The Hall–Kier alpha value is -2.44. The van der Waals surface area contributed by atoms with Gasteiger partial charge >= 0.3 is 6.03 Å². The molecule has 1 unspecified atom stereocenters. The van der Waals surface area contributed by atoms with Crippen LogP contribution in [0.4, 0.5) is 9.18 Å². The second-order valence-electron chi connectivity index (χ2n) is 6.65. The van der Waals surface area contributed by atoms with E-state index in [1.165, 1.54) is 6.07 Å². The first-order valence-electron chi connectivity index (χ1n) is 8.27. The van der Waals surface area contributed by atoms with Gasteiger partial charge in [-0.3, -0.25) is 4.79 Å². The predicted molar refractivity (Wildman–Crippen MR) is 96.0 cm³/mol. The molecule has 0 radical (unpaired) electrons. The molecule has 1 fully saturated rings. The molecule has 26 heavy (non-hydrogen) atoms. The van der Waals surface area contributed by atoms with E-state index in [0.29, 0.717) is 10.6 Å². The van der Waals surface area contributed by atoms with E-state index in [9.17, 15) is 14.0 Å². The molecule has 1 heterocycles. The molecular weight excluding hydrogens is 357 g/mol. The highest BCUT2D eigenvalue weighted by molar-refractivity contribution is 6.31. The standard InChI is InChI=1S/C19H19ClFN3O2/c1-19(13-7-4-3-5-8-13)17(25)24(18(26)22-19)12-23(2)11-14-15(20)9-6-10-16(14)21/h3-10H,11-12H2,1-2H3,(H,22,26)/p+1/t19-/m1/s1. The minimum absolute atomic E-state index is 0.109. The van der Waals surface area contributed by atoms with Gasteiger partial charge in [0.1, 0.15) is 17.9 Å². The monoisotopic (exact) mass is 376 g/mol. The van der Waals surface area contributed by atoms with Crippen LogP contribution in [0, 0.1) is 5.82 Å². The van der Waals surface area contributed by atoms with Crippen LogP contribution in [0.2, 0.25) is 5.02 Å². The van der Waals surface area contributed by atoms with Gasteiger partial charge in [-0.05, 0) is 24.6 Å². The lowest BCUT2D eigenvalue weighted by molar-refractivity contribution is -0.901. The van der Waals surface area contributed by atoms with Crippen LogP contribution in [0.1, 0.15) is 18.1 Å². The van der Waals surface area contributed by atoms with Crippen molar-refractivity contribution in [1.29, 1.82) is 0 Å². The molecule has 0 aromatic heterocycles. The first kappa shape index (κ1) is 18.4. The summed E-state index contributed by atoms with van der Waals surface area (Å²) in [6.45, 7) is 2.05. The largest absolute Gasteiger partial charge is 0.329 e. The van der Waals surface area contributed by atoms with Crippen LogP contribution in [0.15, 0.2) is 48.5 Å². The van der Waals surface area contributed by atoms with Crippen molar-refractivity contribution in [3.8, 4) is 0 Å². The normalized spacial score (nSPS) is 21.0. The summed E-state index contributed by atoms with van der Waals surface area (Å²) in [4.78, 5) is 27.2. The molecule has 0 aliphatic carbocycles. The lowest BCUT2D eigenvalue weighted by Crippen LogP contribution is -3.09. The molecular formula is C19H20ClFN3O2+. The van der Waals surface area contributed by atoms with E-state index in [0.717, 1.165) is 15.4 Å². The number of halogens is 2. The minimum atomic E-state index is -1.10. The number of benzene rings is 2. The molecule has 0 saturated carbocycles. The first-order valence-corrected chi connectivity index (χ1v) is 8.64. The Bertz CT molecular complexity index is 826. The number of urea groups is 1. The quantitative estimate of drug-likeness (QED) is 0.783. The number of carbonyl (C=O) groups excluding carboxylic acids is 2. The van der Waals surface area contributed by atoms with Gasteiger partial charge in [-0.25, -0.2) is 14.1 Å². The zero-order chi connectivity index (χ0) is 18.9. The van der Waals surface area contributed by atoms with Gasteiger partial charge in [-0.1, -0.05) is 48.0 Å². The van der Waals surface area contributed by atoms with Crippen LogP contribution in [-0.2, 0) is 16.9 Å². The van der Waals surface area contributed by atoms with E-state index in [2.05, 4.69) is 5.32 Å². The van der Waals surface area contributed by atoms with Crippen LogP contribution < -0.4 is 10.2 Å². The van der Waals surface area contributed by atoms with Gasteiger partial charge in [0.15, 0.2) is 6.67 Å². The van der Waals surface area contributed by atoms with Crippen molar-refractivity contribution in [2.45, 2.75) is 19.0 Å². The molecule has 2 aromatic carbocycles. The Morgan fingerprint density at radius 2 is 1.85 bits per heavy atom. The number of rotatable bonds is 5. The van der Waals surface area contributed by atoms with Crippen LogP contribution >= 0.6 is 11.6 Å². The molecule has 1 aliphatic heterocycles. The third kappa shape index (κ3) is 3.30. The third-order valence-corrected chi connectivity index (χ3v) is 4.95. The Balaban J connectivity index is 1.76. The molecule has 3 rings (SSSR count). The molecule has 1 saturated heterocycles. The molecule has 5 nitrogen and oxygen atoms in total. The van der Waals surface area contributed by atoms with Crippen molar-refractivity contribution >= 4 is 23.5 Å².